The molecule has 18 heavy (non-hydrogen) atoms. The Hall–Kier alpha value is -2.55. The van der Waals surface area contributed by atoms with Crippen LogP contribution >= 0.6 is 0 Å². The van der Waals surface area contributed by atoms with E-state index in [0.29, 0.717) is 12.1 Å². The summed E-state index contributed by atoms with van der Waals surface area (Å²) in [5.41, 5.74) is -0.415. The smallest absolute Gasteiger partial charge is 0.152 e. The molecule has 0 atom stereocenters. The molecule has 0 saturated heterocycles. The van der Waals surface area contributed by atoms with E-state index in [-0.39, 0.29) is 11.5 Å². The molecular weight excluding hydrogens is 243 g/mol. The third-order valence-electron chi connectivity index (χ3n) is 2.12. The predicted octanol–water partition coefficient (Wildman–Crippen LogP) is 3.11. The molecule has 0 aliphatic rings. The van der Waals surface area contributed by atoms with E-state index in [2.05, 4.69) is 10.3 Å². The minimum atomic E-state index is -1.07. The van der Waals surface area contributed by atoms with Crippen molar-refractivity contribution in [1.29, 1.82) is 5.26 Å². The number of nitrogens with zero attached hydrogens (tertiary/aromatic N) is 2. The highest BCUT2D eigenvalue weighted by Crippen LogP contribution is 2.23. The number of pyridine rings is 1. The lowest BCUT2D eigenvalue weighted by molar-refractivity contribution is 0.549. The first-order valence-electron chi connectivity index (χ1n) is 4.89. The summed E-state index contributed by atoms with van der Waals surface area (Å²) in [6, 6.07) is 7.29. The van der Waals surface area contributed by atoms with Crippen LogP contribution in [0.5, 0.6) is 0 Å². The number of hydrogen-bond donors (Lipinski definition) is 1. The second-order valence-electron chi connectivity index (χ2n) is 3.39. The summed E-state index contributed by atoms with van der Waals surface area (Å²) in [5.74, 6) is -3.05. The Kier molecular flexibility index (Phi) is 3.15. The van der Waals surface area contributed by atoms with E-state index >= 15 is 0 Å². The average Bonchev–Trinajstić information content (AvgIpc) is 2.34. The van der Waals surface area contributed by atoms with Crippen LogP contribution in [0.3, 0.4) is 0 Å². The number of rotatable bonds is 2. The van der Waals surface area contributed by atoms with Gasteiger partial charge in [-0.15, -0.1) is 0 Å². The van der Waals surface area contributed by atoms with E-state index in [0.717, 1.165) is 0 Å². The molecule has 0 saturated carbocycles. The highest BCUT2D eigenvalue weighted by molar-refractivity contribution is 5.58. The molecule has 0 spiro atoms. The fourth-order valence-corrected chi connectivity index (χ4v) is 1.36. The number of hydrogen-bond acceptors (Lipinski definition) is 3. The Labute approximate surface area is 101 Å². The third kappa shape index (κ3) is 2.40. The highest BCUT2D eigenvalue weighted by Gasteiger charge is 2.12. The average molecular weight is 249 g/mol. The van der Waals surface area contributed by atoms with Crippen molar-refractivity contribution in [3.63, 3.8) is 0 Å². The van der Waals surface area contributed by atoms with Crippen LogP contribution in [0.25, 0.3) is 0 Å². The van der Waals surface area contributed by atoms with Crippen LogP contribution in [0.15, 0.2) is 30.3 Å². The molecule has 2 aromatic rings. The van der Waals surface area contributed by atoms with Gasteiger partial charge in [0.25, 0.3) is 0 Å². The molecule has 0 amide bonds. The zero-order valence-corrected chi connectivity index (χ0v) is 8.92. The van der Waals surface area contributed by atoms with Crippen molar-refractivity contribution < 1.29 is 13.2 Å². The molecular formula is C12H6F3N3. The molecule has 1 heterocycles. The Morgan fingerprint density at radius 2 is 1.78 bits per heavy atom. The third-order valence-corrected chi connectivity index (χ3v) is 2.12. The van der Waals surface area contributed by atoms with Gasteiger partial charge < -0.3 is 5.32 Å². The fraction of sp³-hybridized carbons (Fsp3) is 0. The largest absolute Gasteiger partial charge is 0.335 e. The molecule has 0 radical (unpaired) electrons. The van der Waals surface area contributed by atoms with E-state index in [1.807, 2.05) is 0 Å². The first-order valence-corrected chi connectivity index (χ1v) is 4.89. The first-order chi connectivity index (χ1) is 8.60. The Bertz CT molecular complexity index is 612. The summed E-state index contributed by atoms with van der Waals surface area (Å²) in [4.78, 5) is 3.79. The topological polar surface area (TPSA) is 48.7 Å². The molecule has 0 unspecified atom stereocenters. The molecule has 6 heteroatoms. The number of nitrogens with one attached hydrogen (secondary N) is 1. The SMILES string of the molecule is N#Cc1cccc(Nc2c(F)cc(F)cc2F)n1. The van der Waals surface area contributed by atoms with E-state index in [1.165, 1.54) is 18.2 Å². The van der Waals surface area contributed by atoms with Gasteiger partial charge in [0.15, 0.2) is 11.6 Å². The van der Waals surface area contributed by atoms with E-state index in [9.17, 15) is 13.2 Å². The molecule has 0 fully saturated rings. The fourth-order valence-electron chi connectivity index (χ4n) is 1.36. The maximum absolute atomic E-state index is 13.3. The van der Waals surface area contributed by atoms with Crippen molar-refractivity contribution in [2.45, 2.75) is 0 Å². The lowest BCUT2D eigenvalue weighted by atomic mass is 10.2. The molecule has 1 N–H and O–H groups in total. The maximum Gasteiger partial charge on any atom is 0.152 e. The van der Waals surface area contributed by atoms with Crippen molar-refractivity contribution in [3.05, 3.63) is 53.5 Å². The molecule has 1 aromatic heterocycles. The predicted molar refractivity (Wildman–Crippen MR) is 58.6 cm³/mol. The molecule has 3 nitrogen and oxygen atoms in total. The van der Waals surface area contributed by atoms with Gasteiger partial charge in [0.1, 0.15) is 29.1 Å². The monoisotopic (exact) mass is 249 g/mol. The van der Waals surface area contributed by atoms with Gasteiger partial charge in [-0.2, -0.15) is 5.26 Å². The van der Waals surface area contributed by atoms with Gasteiger partial charge in [-0.05, 0) is 12.1 Å². The molecule has 0 aliphatic heterocycles. The van der Waals surface area contributed by atoms with Crippen molar-refractivity contribution in [2.75, 3.05) is 5.32 Å². The number of benzene rings is 1. The number of aromatic nitrogens is 1. The number of anilines is 2. The summed E-state index contributed by atoms with van der Waals surface area (Å²) in [7, 11) is 0. The van der Waals surface area contributed by atoms with Crippen LogP contribution in [-0.4, -0.2) is 4.98 Å². The van der Waals surface area contributed by atoms with E-state index < -0.39 is 23.1 Å². The summed E-state index contributed by atoms with van der Waals surface area (Å²) in [5, 5.41) is 11.0. The van der Waals surface area contributed by atoms with Crippen LogP contribution < -0.4 is 5.32 Å². The minimum Gasteiger partial charge on any atom is -0.335 e. The van der Waals surface area contributed by atoms with E-state index in [1.54, 1.807) is 6.07 Å². The van der Waals surface area contributed by atoms with Crippen molar-refractivity contribution in [3.8, 4) is 6.07 Å². The van der Waals surface area contributed by atoms with Gasteiger partial charge in [-0.25, -0.2) is 18.2 Å². The molecule has 1 aromatic carbocycles. The number of halogens is 3. The van der Waals surface area contributed by atoms with Crippen molar-refractivity contribution in [2.24, 2.45) is 0 Å². The second kappa shape index (κ2) is 4.75. The quantitative estimate of drug-likeness (QED) is 0.889. The van der Waals surface area contributed by atoms with Gasteiger partial charge in [0.05, 0.1) is 0 Å². The lowest BCUT2D eigenvalue weighted by Gasteiger charge is -2.08. The van der Waals surface area contributed by atoms with Crippen molar-refractivity contribution in [1.82, 2.24) is 4.98 Å². The molecule has 2 rings (SSSR count). The van der Waals surface area contributed by atoms with Crippen LogP contribution in [-0.2, 0) is 0 Å². The van der Waals surface area contributed by atoms with Gasteiger partial charge in [-0.3, -0.25) is 0 Å². The first kappa shape index (κ1) is 11.9. The summed E-state index contributed by atoms with van der Waals surface area (Å²) < 4.78 is 39.4. The summed E-state index contributed by atoms with van der Waals surface area (Å²) in [6.45, 7) is 0. The zero-order chi connectivity index (χ0) is 13.1. The van der Waals surface area contributed by atoms with Crippen LogP contribution in [0.1, 0.15) is 5.69 Å². The second-order valence-corrected chi connectivity index (χ2v) is 3.39. The Balaban J connectivity index is 2.37. The summed E-state index contributed by atoms with van der Waals surface area (Å²) >= 11 is 0. The van der Waals surface area contributed by atoms with Crippen molar-refractivity contribution >= 4 is 11.5 Å². The highest BCUT2D eigenvalue weighted by atomic mass is 19.1. The normalized spacial score (nSPS) is 9.89. The summed E-state index contributed by atoms with van der Waals surface area (Å²) in [6.07, 6.45) is 0. The standard InChI is InChI=1S/C12H6F3N3/c13-7-4-9(14)12(10(15)5-7)18-11-3-1-2-8(6-16)17-11/h1-5H,(H,17,18). The molecule has 90 valence electrons. The van der Waals surface area contributed by atoms with Gasteiger partial charge in [0, 0.05) is 12.1 Å². The van der Waals surface area contributed by atoms with Gasteiger partial charge in [0.2, 0.25) is 0 Å². The zero-order valence-electron chi connectivity index (χ0n) is 8.92. The van der Waals surface area contributed by atoms with Crippen LogP contribution in [0.4, 0.5) is 24.7 Å². The number of nitriles is 1. The van der Waals surface area contributed by atoms with E-state index in [4.69, 9.17) is 5.26 Å². The molecule has 0 bridgehead atoms. The van der Waals surface area contributed by atoms with Gasteiger partial charge >= 0.3 is 0 Å². The van der Waals surface area contributed by atoms with Crippen LogP contribution in [0.2, 0.25) is 0 Å². The van der Waals surface area contributed by atoms with Crippen LogP contribution in [0, 0.1) is 28.8 Å². The molecule has 0 aliphatic carbocycles. The Morgan fingerprint density at radius 3 is 2.39 bits per heavy atom. The maximum atomic E-state index is 13.3. The van der Waals surface area contributed by atoms with Gasteiger partial charge in [-0.1, -0.05) is 6.07 Å². The lowest BCUT2D eigenvalue weighted by Crippen LogP contribution is -2.01. The Morgan fingerprint density at radius 1 is 1.11 bits per heavy atom. The minimum absolute atomic E-state index is 0.0958.